The van der Waals surface area contributed by atoms with Gasteiger partial charge >= 0.3 is 12.1 Å². The molecule has 1 aliphatic heterocycles. The Kier molecular flexibility index (Phi) is 11.2. The molecule has 0 amide bonds. The predicted octanol–water partition coefficient (Wildman–Crippen LogP) is 8.08. The summed E-state index contributed by atoms with van der Waals surface area (Å²) in [5, 5.41) is 10.4. The number of benzene rings is 3. The minimum atomic E-state index is -4.62. The van der Waals surface area contributed by atoms with Crippen LogP contribution < -0.4 is 4.74 Å². The Labute approximate surface area is 253 Å². The molecule has 0 unspecified atom stereocenters. The number of halogens is 4. The fraction of sp³-hybridized carbons (Fsp3) is 0.364. The number of hydrogen-bond donors (Lipinski definition) is 1. The van der Waals surface area contributed by atoms with Gasteiger partial charge in [-0.3, -0.25) is 9.69 Å². The standard InChI is InChI=1S/C33H35BrF3NO4/c1-23-24(10-7-11-28(23)25-8-3-2-4-9-25)13-14-26-21-31(42-19-18-41-17-15-34)27(20-29(26)33(35,36)37)22-38-16-6-5-12-30(38)32(39)40/h2-4,7-11,13-14,20-21,30H,5-6,12,15-19,22H2,1H3,(H,39,40)/b14-13+/t30-/m1/s1. The number of nitrogens with zero attached hydrogens (tertiary/aromatic N) is 1. The van der Waals surface area contributed by atoms with E-state index in [-0.39, 0.29) is 31.1 Å². The second-order valence-corrected chi connectivity index (χ2v) is 11.0. The quantitative estimate of drug-likeness (QED) is 0.123. The van der Waals surface area contributed by atoms with E-state index in [4.69, 9.17) is 9.47 Å². The van der Waals surface area contributed by atoms with Gasteiger partial charge < -0.3 is 14.6 Å². The maximum Gasteiger partial charge on any atom is 0.417 e. The number of aliphatic carboxylic acids is 1. The molecule has 5 nitrogen and oxygen atoms in total. The molecule has 1 saturated heterocycles. The van der Waals surface area contributed by atoms with Crippen LogP contribution in [0.25, 0.3) is 23.3 Å². The second-order valence-electron chi connectivity index (χ2n) is 10.2. The predicted molar refractivity (Wildman–Crippen MR) is 163 cm³/mol. The van der Waals surface area contributed by atoms with Crippen LogP contribution in [0, 0.1) is 6.92 Å². The third kappa shape index (κ3) is 8.24. The molecule has 9 heteroatoms. The van der Waals surface area contributed by atoms with Crippen LogP contribution in [-0.2, 0) is 22.3 Å². The van der Waals surface area contributed by atoms with E-state index < -0.39 is 23.8 Å². The second kappa shape index (κ2) is 14.8. The average Bonchev–Trinajstić information content (AvgIpc) is 2.97. The molecule has 1 aliphatic rings. The number of carbonyl (C=O) groups is 1. The van der Waals surface area contributed by atoms with Gasteiger partial charge in [-0.05, 0) is 66.3 Å². The summed E-state index contributed by atoms with van der Waals surface area (Å²) in [6.07, 6.45) is 0.555. The molecule has 3 aromatic rings. The summed E-state index contributed by atoms with van der Waals surface area (Å²) in [7, 11) is 0. The number of alkyl halides is 4. The molecule has 1 fully saturated rings. The van der Waals surface area contributed by atoms with E-state index in [1.807, 2.05) is 55.5 Å². The van der Waals surface area contributed by atoms with Crippen LogP contribution in [0.3, 0.4) is 0 Å². The molecule has 42 heavy (non-hydrogen) atoms. The van der Waals surface area contributed by atoms with Gasteiger partial charge in [-0.25, -0.2) is 0 Å². The van der Waals surface area contributed by atoms with Crippen molar-refractivity contribution in [1.82, 2.24) is 4.90 Å². The fourth-order valence-electron chi connectivity index (χ4n) is 5.27. The van der Waals surface area contributed by atoms with Gasteiger partial charge in [0, 0.05) is 17.4 Å². The van der Waals surface area contributed by atoms with Crippen LogP contribution in [0.1, 0.15) is 47.1 Å². The van der Waals surface area contributed by atoms with Gasteiger partial charge in [0.2, 0.25) is 0 Å². The summed E-state index contributed by atoms with van der Waals surface area (Å²) in [6, 6.07) is 17.4. The maximum atomic E-state index is 14.4. The molecular weight excluding hydrogens is 611 g/mol. The van der Waals surface area contributed by atoms with Crippen LogP contribution >= 0.6 is 15.9 Å². The number of ether oxygens (including phenoxy) is 2. The highest BCUT2D eigenvalue weighted by Crippen LogP contribution is 2.38. The van der Waals surface area contributed by atoms with Gasteiger partial charge in [-0.15, -0.1) is 0 Å². The van der Waals surface area contributed by atoms with Gasteiger partial charge in [-0.1, -0.05) is 83.0 Å². The van der Waals surface area contributed by atoms with Crippen molar-refractivity contribution < 1.29 is 32.5 Å². The molecule has 1 N–H and O–H groups in total. The Bertz CT molecular complexity index is 1380. The van der Waals surface area contributed by atoms with E-state index in [0.717, 1.165) is 41.2 Å². The molecule has 224 valence electrons. The monoisotopic (exact) mass is 645 g/mol. The Morgan fingerprint density at radius 2 is 1.79 bits per heavy atom. The van der Waals surface area contributed by atoms with Gasteiger partial charge in [0.15, 0.2) is 0 Å². The lowest BCUT2D eigenvalue weighted by molar-refractivity contribution is -0.145. The first-order valence-electron chi connectivity index (χ1n) is 14.0. The van der Waals surface area contributed by atoms with Gasteiger partial charge in [0.1, 0.15) is 18.4 Å². The highest BCUT2D eigenvalue weighted by atomic mass is 79.9. The van der Waals surface area contributed by atoms with E-state index in [2.05, 4.69) is 15.9 Å². The summed E-state index contributed by atoms with van der Waals surface area (Å²) in [4.78, 5) is 13.6. The normalized spacial score (nSPS) is 16.2. The topological polar surface area (TPSA) is 59.0 Å². The van der Waals surface area contributed by atoms with Gasteiger partial charge in [0.05, 0.1) is 18.8 Å². The van der Waals surface area contributed by atoms with E-state index in [1.165, 1.54) is 12.1 Å². The zero-order valence-corrected chi connectivity index (χ0v) is 25.1. The van der Waals surface area contributed by atoms with Gasteiger partial charge in [-0.2, -0.15) is 13.2 Å². The van der Waals surface area contributed by atoms with Crippen molar-refractivity contribution in [1.29, 1.82) is 0 Å². The number of likely N-dealkylation sites (tertiary alicyclic amines) is 1. The molecule has 0 aliphatic carbocycles. The highest BCUT2D eigenvalue weighted by molar-refractivity contribution is 9.09. The average molecular weight is 647 g/mol. The highest BCUT2D eigenvalue weighted by Gasteiger charge is 2.35. The molecular formula is C33H35BrF3NO4. The van der Waals surface area contributed by atoms with Crippen molar-refractivity contribution in [3.8, 4) is 16.9 Å². The molecule has 0 bridgehead atoms. The lowest BCUT2D eigenvalue weighted by atomic mass is 9.95. The Morgan fingerprint density at radius 1 is 1.02 bits per heavy atom. The maximum absolute atomic E-state index is 14.4. The van der Waals surface area contributed by atoms with Crippen molar-refractivity contribution in [2.75, 3.05) is 31.7 Å². The molecule has 3 aromatic carbocycles. The zero-order chi connectivity index (χ0) is 30.1. The van der Waals surface area contributed by atoms with Crippen molar-refractivity contribution in [2.24, 2.45) is 0 Å². The lowest BCUT2D eigenvalue weighted by Crippen LogP contribution is -2.44. The zero-order valence-electron chi connectivity index (χ0n) is 23.5. The minimum Gasteiger partial charge on any atom is -0.491 e. The van der Waals surface area contributed by atoms with E-state index in [9.17, 15) is 23.1 Å². The summed E-state index contributed by atoms with van der Waals surface area (Å²) in [5.74, 6) is -0.682. The Balaban J connectivity index is 1.72. The van der Waals surface area contributed by atoms with Crippen LogP contribution in [0.2, 0.25) is 0 Å². The Morgan fingerprint density at radius 3 is 2.50 bits per heavy atom. The lowest BCUT2D eigenvalue weighted by Gasteiger charge is -2.33. The van der Waals surface area contributed by atoms with Crippen molar-refractivity contribution in [3.05, 3.63) is 88.5 Å². The molecule has 4 rings (SSSR count). The number of hydrogen-bond acceptors (Lipinski definition) is 4. The molecule has 1 heterocycles. The first kappa shape index (κ1) is 31.8. The minimum absolute atomic E-state index is 0.0273. The smallest absolute Gasteiger partial charge is 0.417 e. The molecule has 0 saturated carbocycles. The third-order valence-electron chi connectivity index (χ3n) is 7.42. The SMILES string of the molecule is Cc1c(/C=C/c2cc(OCCOCCBr)c(CN3CCCC[C@@H]3C(=O)O)cc2C(F)(F)F)cccc1-c1ccccc1. The summed E-state index contributed by atoms with van der Waals surface area (Å²) in [6.45, 7) is 3.38. The Hall–Kier alpha value is -3.14. The fourth-order valence-corrected chi connectivity index (χ4v) is 5.50. The van der Waals surface area contributed by atoms with Crippen molar-refractivity contribution in [3.63, 3.8) is 0 Å². The van der Waals surface area contributed by atoms with Gasteiger partial charge in [0.25, 0.3) is 0 Å². The van der Waals surface area contributed by atoms with E-state index in [1.54, 1.807) is 11.0 Å². The first-order chi connectivity index (χ1) is 20.2. The van der Waals surface area contributed by atoms with Crippen LogP contribution in [0.4, 0.5) is 13.2 Å². The third-order valence-corrected chi connectivity index (χ3v) is 7.74. The van der Waals surface area contributed by atoms with E-state index in [0.29, 0.717) is 30.5 Å². The summed E-state index contributed by atoms with van der Waals surface area (Å²) in [5.41, 5.74) is 3.27. The molecule has 0 radical (unpaired) electrons. The first-order valence-corrected chi connectivity index (χ1v) is 15.1. The summed E-state index contributed by atoms with van der Waals surface area (Å²) >= 11 is 3.29. The largest absolute Gasteiger partial charge is 0.491 e. The van der Waals surface area contributed by atoms with Crippen LogP contribution in [0.15, 0.2) is 60.7 Å². The number of rotatable bonds is 12. The van der Waals surface area contributed by atoms with Crippen molar-refractivity contribution >= 4 is 34.1 Å². The number of carboxylic acids is 1. The molecule has 1 atom stereocenters. The number of piperidine rings is 1. The molecule has 0 spiro atoms. The number of carboxylic acid groups (broad SMARTS) is 1. The van der Waals surface area contributed by atoms with Crippen LogP contribution in [0.5, 0.6) is 5.75 Å². The van der Waals surface area contributed by atoms with E-state index >= 15 is 0 Å². The van der Waals surface area contributed by atoms with Crippen LogP contribution in [-0.4, -0.2) is 53.7 Å². The summed E-state index contributed by atoms with van der Waals surface area (Å²) < 4.78 is 54.7. The molecule has 0 aromatic heterocycles. The van der Waals surface area contributed by atoms with Crippen molar-refractivity contribution in [2.45, 2.75) is 44.9 Å².